The molecule has 0 spiro atoms. The van der Waals surface area contributed by atoms with E-state index < -0.39 is 11.7 Å². The van der Waals surface area contributed by atoms with Gasteiger partial charge in [0.25, 0.3) is 5.91 Å². The van der Waals surface area contributed by atoms with Crippen molar-refractivity contribution in [2.75, 3.05) is 11.1 Å². The van der Waals surface area contributed by atoms with Crippen LogP contribution in [0.1, 0.15) is 10.6 Å². The predicted octanol–water partition coefficient (Wildman–Crippen LogP) is 2.25. The van der Waals surface area contributed by atoms with Crippen LogP contribution in [0.4, 0.5) is 15.8 Å². The smallest absolute Gasteiger partial charge is 0.291 e. The molecule has 0 radical (unpaired) electrons. The topological polar surface area (TPSA) is 68.3 Å². The molecule has 0 bridgehead atoms. The Morgan fingerprint density at radius 3 is 2.81 bits per heavy atom. The average molecular weight is 220 g/mol. The highest BCUT2D eigenvalue weighted by Gasteiger charge is 2.09. The molecule has 16 heavy (non-hydrogen) atoms. The van der Waals surface area contributed by atoms with Crippen LogP contribution < -0.4 is 11.1 Å². The number of benzene rings is 1. The van der Waals surface area contributed by atoms with Crippen molar-refractivity contribution >= 4 is 17.3 Å². The molecule has 1 amide bonds. The highest BCUT2D eigenvalue weighted by atomic mass is 19.1. The molecule has 0 atom stereocenters. The Bertz CT molecular complexity index is 509. The average Bonchev–Trinajstić information content (AvgIpc) is 2.77. The highest BCUT2D eigenvalue weighted by Crippen LogP contribution is 2.16. The first-order chi connectivity index (χ1) is 7.66. The van der Waals surface area contributed by atoms with E-state index in [1.165, 1.54) is 24.5 Å². The van der Waals surface area contributed by atoms with E-state index in [4.69, 9.17) is 10.2 Å². The summed E-state index contributed by atoms with van der Waals surface area (Å²) >= 11 is 0. The second kappa shape index (κ2) is 4.06. The summed E-state index contributed by atoms with van der Waals surface area (Å²) in [5.74, 6) is -0.844. The normalized spacial score (nSPS) is 10.1. The van der Waals surface area contributed by atoms with E-state index in [1.807, 2.05) is 0 Å². The maximum Gasteiger partial charge on any atom is 0.291 e. The minimum absolute atomic E-state index is 0.0380. The lowest BCUT2D eigenvalue weighted by Gasteiger charge is -2.04. The van der Waals surface area contributed by atoms with Gasteiger partial charge in [0.05, 0.1) is 12.0 Å². The van der Waals surface area contributed by atoms with Crippen molar-refractivity contribution < 1.29 is 13.6 Å². The SMILES string of the molecule is Nc1ccc(NC(=O)c2ccco2)cc1F. The first kappa shape index (κ1) is 10.2. The molecule has 2 rings (SSSR count). The number of nitrogens with one attached hydrogen (secondary N) is 1. The molecule has 0 aliphatic carbocycles. The summed E-state index contributed by atoms with van der Waals surface area (Å²) in [4.78, 5) is 11.5. The molecule has 1 heterocycles. The Morgan fingerprint density at radius 1 is 1.38 bits per heavy atom. The zero-order valence-electron chi connectivity index (χ0n) is 8.24. The molecule has 3 N–H and O–H groups in total. The quantitative estimate of drug-likeness (QED) is 0.762. The van der Waals surface area contributed by atoms with Crippen molar-refractivity contribution in [1.82, 2.24) is 0 Å². The monoisotopic (exact) mass is 220 g/mol. The van der Waals surface area contributed by atoms with Crippen LogP contribution in [-0.4, -0.2) is 5.91 Å². The van der Waals surface area contributed by atoms with Crippen molar-refractivity contribution in [3.63, 3.8) is 0 Å². The van der Waals surface area contributed by atoms with Crippen LogP contribution in [0.2, 0.25) is 0 Å². The molecule has 0 saturated carbocycles. The molecule has 5 heteroatoms. The second-order valence-electron chi connectivity index (χ2n) is 3.17. The van der Waals surface area contributed by atoms with Gasteiger partial charge in [0, 0.05) is 5.69 Å². The van der Waals surface area contributed by atoms with Crippen molar-refractivity contribution in [3.05, 3.63) is 48.2 Å². The number of carbonyl (C=O) groups is 1. The Hall–Kier alpha value is -2.30. The van der Waals surface area contributed by atoms with E-state index in [-0.39, 0.29) is 11.4 Å². The number of carbonyl (C=O) groups excluding carboxylic acids is 1. The molecule has 0 saturated heterocycles. The fourth-order valence-electron chi connectivity index (χ4n) is 1.21. The molecular weight excluding hydrogens is 211 g/mol. The van der Waals surface area contributed by atoms with Gasteiger partial charge in [0.2, 0.25) is 0 Å². The van der Waals surface area contributed by atoms with Gasteiger partial charge in [0.1, 0.15) is 5.82 Å². The van der Waals surface area contributed by atoms with Gasteiger partial charge in [-0.1, -0.05) is 0 Å². The van der Waals surface area contributed by atoms with Crippen LogP contribution in [0, 0.1) is 5.82 Å². The number of rotatable bonds is 2. The standard InChI is InChI=1S/C11H9FN2O2/c12-8-6-7(3-4-9(8)13)14-11(15)10-2-1-5-16-10/h1-6H,13H2,(H,14,15). The van der Waals surface area contributed by atoms with Gasteiger partial charge in [-0.05, 0) is 30.3 Å². The molecule has 0 unspecified atom stereocenters. The van der Waals surface area contributed by atoms with Gasteiger partial charge in [-0.2, -0.15) is 0 Å². The van der Waals surface area contributed by atoms with Gasteiger partial charge in [0.15, 0.2) is 5.76 Å². The Labute approximate surface area is 90.9 Å². The van der Waals surface area contributed by atoms with Gasteiger partial charge in [-0.15, -0.1) is 0 Å². The molecule has 1 aromatic carbocycles. The van der Waals surface area contributed by atoms with E-state index >= 15 is 0 Å². The van der Waals surface area contributed by atoms with Crippen LogP contribution in [0.3, 0.4) is 0 Å². The fourth-order valence-corrected chi connectivity index (χ4v) is 1.21. The van der Waals surface area contributed by atoms with Crippen molar-refractivity contribution in [2.45, 2.75) is 0 Å². The van der Waals surface area contributed by atoms with Crippen molar-refractivity contribution in [3.8, 4) is 0 Å². The van der Waals surface area contributed by atoms with Crippen LogP contribution in [0.15, 0.2) is 41.0 Å². The molecule has 0 aliphatic rings. The Morgan fingerprint density at radius 2 is 2.19 bits per heavy atom. The third-order valence-electron chi connectivity index (χ3n) is 2.00. The zero-order valence-corrected chi connectivity index (χ0v) is 8.24. The van der Waals surface area contributed by atoms with Crippen LogP contribution in [0.5, 0.6) is 0 Å². The number of amides is 1. The first-order valence-corrected chi connectivity index (χ1v) is 4.56. The molecule has 4 nitrogen and oxygen atoms in total. The van der Waals surface area contributed by atoms with Gasteiger partial charge in [-0.25, -0.2) is 4.39 Å². The molecule has 0 fully saturated rings. The lowest BCUT2D eigenvalue weighted by molar-refractivity contribution is 0.0996. The number of nitrogens with two attached hydrogens (primary N) is 1. The van der Waals surface area contributed by atoms with Crippen LogP contribution in [0.25, 0.3) is 0 Å². The molecule has 2 aromatic rings. The summed E-state index contributed by atoms with van der Waals surface area (Å²) in [5, 5.41) is 2.48. The second-order valence-corrected chi connectivity index (χ2v) is 3.17. The fraction of sp³-hybridized carbons (Fsp3) is 0. The van der Waals surface area contributed by atoms with Gasteiger partial charge >= 0.3 is 0 Å². The lowest BCUT2D eigenvalue weighted by Crippen LogP contribution is -2.11. The highest BCUT2D eigenvalue weighted by molar-refractivity contribution is 6.02. The predicted molar refractivity (Wildman–Crippen MR) is 57.5 cm³/mol. The largest absolute Gasteiger partial charge is 0.459 e. The van der Waals surface area contributed by atoms with Gasteiger partial charge in [-0.3, -0.25) is 4.79 Å². The van der Waals surface area contributed by atoms with Gasteiger partial charge < -0.3 is 15.5 Å². The number of hydrogen-bond donors (Lipinski definition) is 2. The van der Waals surface area contributed by atoms with E-state index in [9.17, 15) is 9.18 Å². The first-order valence-electron chi connectivity index (χ1n) is 4.56. The number of hydrogen-bond acceptors (Lipinski definition) is 3. The van der Waals surface area contributed by atoms with E-state index in [0.29, 0.717) is 5.69 Å². The summed E-state index contributed by atoms with van der Waals surface area (Å²) in [6, 6.07) is 7.16. The van der Waals surface area contributed by atoms with Crippen molar-refractivity contribution in [1.29, 1.82) is 0 Å². The molecule has 0 aliphatic heterocycles. The summed E-state index contributed by atoms with van der Waals surface area (Å²) in [6.45, 7) is 0. The summed E-state index contributed by atoms with van der Waals surface area (Å²) in [6.07, 6.45) is 1.39. The molecule has 1 aromatic heterocycles. The zero-order chi connectivity index (χ0) is 11.5. The molecular formula is C11H9FN2O2. The van der Waals surface area contributed by atoms with Crippen molar-refractivity contribution in [2.24, 2.45) is 0 Å². The third-order valence-corrected chi connectivity index (χ3v) is 2.00. The minimum Gasteiger partial charge on any atom is -0.459 e. The summed E-state index contributed by atoms with van der Waals surface area (Å²) < 4.78 is 18.0. The maximum absolute atomic E-state index is 13.1. The van der Waals surface area contributed by atoms with E-state index in [0.717, 1.165) is 6.07 Å². The minimum atomic E-state index is -0.572. The number of nitrogen functional groups attached to an aromatic ring is 1. The van der Waals surface area contributed by atoms with Crippen LogP contribution >= 0.6 is 0 Å². The number of anilines is 2. The number of halogens is 1. The third kappa shape index (κ3) is 2.03. The maximum atomic E-state index is 13.1. The Kier molecular flexibility index (Phi) is 2.59. The Balaban J connectivity index is 2.15. The van der Waals surface area contributed by atoms with E-state index in [1.54, 1.807) is 6.07 Å². The van der Waals surface area contributed by atoms with E-state index in [2.05, 4.69) is 5.32 Å². The molecule has 82 valence electrons. The summed E-state index contributed by atoms with van der Waals surface area (Å²) in [5.41, 5.74) is 5.67. The summed E-state index contributed by atoms with van der Waals surface area (Å²) in [7, 11) is 0. The number of furan rings is 1. The lowest BCUT2D eigenvalue weighted by atomic mass is 10.2. The van der Waals surface area contributed by atoms with Crippen LogP contribution in [-0.2, 0) is 0 Å².